The molecule has 0 spiro atoms. The lowest BCUT2D eigenvalue weighted by Crippen LogP contribution is -2.48. The SMILES string of the molecule is CCC(C)NC(=O)CCNC(=O)C1(CN)CCC(C)CC1. The van der Waals surface area contributed by atoms with E-state index in [1.807, 2.05) is 13.8 Å². The smallest absolute Gasteiger partial charge is 0.227 e. The van der Waals surface area contributed by atoms with E-state index in [1.54, 1.807) is 0 Å². The topological polar surface area (TPSA) is 84.2 Å². The lowest BCUT2D eigenvalue weighted by atomic mass is 9.70. The van der Waals surface area contributed by atoms with Crippen LogP contribution in [-0.2, 0) is 9.59 Å². The number of carbonyl (C=O) groups excluding carboxylic acids is 2. The van der Waals surface area contributed by atoms with Gasteiger partial charge >= 0.3 is 0 Å². The Hall–Kier alpha value is -1.10. The third-order valence-electron chi connectivity index (χ3n) is 4.76. The standard InChI is InChI=1S/C16H31N3O2/c1-4-13(3)19-14(20)7-10-18-15(21)16(11-17)8-5-12(2)6-9-16/h12-13H,4-11,17H2,1-3H3,(H,18,21)(H,19,20). The summed E-state index contributed by atoms with van der Waals surface area (Å²) in [6.45, 7) is 7.01. The van der Waals surface area contributed by atoms with Crippen LogP contribution >= 0.6 is 0 Å². The van der Waals surface area contributed by atoms with Crippen LogP contribution in [0.5, 0.6) is 0 Å². The summed E-state index contributed by atoms with van der Waals surface area (Å²) >= 11 is 0. The fraction of sp³-hybridized carbons (Fsp3) is 0.875. The monoisotopic (exact) mass is 297 g/mol. The molecule has 0 saturated heterocycles. The number of nitrogens with one attached hydrogen (secondary N) is 2. The second kappa shape index (κ2) is 8.37. The van der Waals surface area contributed by atoms with Crippen LogP contribution < -0.4 is 16.4 Å². The number of nitrogens with two attached hydrogens (primary N) is 1. The van der Waals surface area contributed by atoms with Gasteiger partial charge in [0.25, 0.3) is 0 Å². The molecule has 0 aliphatic heterocycles. The second-order valence-corrected chi connectivity index (χ2v) is 6.55. The summed E-state index contributed by atoms with van der Waals surface area (Å²) in [4.78, 5) is 24.1. The van der Waals surface area contributed by atoms with Crippen molar-refractivity contribution in [2.24, 2.45) is 17.1 Å². The molecule has 1 unspecified atom stereocenters. The van der Waals surface area contributed by atoms with Crippen LogP contribution in [0, 0.1) is 11.3 Å². The summed E-state index contributed by atoms with van der Waals surface area (Å²) in [7, 11) is 0. The van der Waals surface area contributed by atoms with Gasteiger partial charge in [-0.2, -0.15) is 0 Å². The van der Waals surface area contributed by atoms with E-state index in [0.717, 1.165) is 32.1 Å². The van der Waals surface area contributed by atoms with E-state index in [0.29, 0.717) is 25.4 Å². The molecule has 5 nitrogen and oxygen atoms in total. The average molecular weight is 297 g/mol. The highest BCUT2D eigenvalue weighted by atomic mass is 16.2. The summed E-state index contributed by atoms with van der Waals surface area (Å²) in [5.74, 6) is 0.690. The molecular formula is C16H31N3O2. The minimum Gasteiger partial charge on any atom is -0.355 e. The lowest BCUT2D eigenvalue weighted by Gasteiger charge is -2.37. The molecule has 1 fully saturated rings. The maximum atomic E-state index is 12.4. The van der Waals surface area contributed by atoms with E-state index in [9.17, 15) is 9.59 Å². The number of amides is 2. The van der Waals surface area contributed by atoms with E-state index in [-0.39, 0.29) is 17.9 Å². The highest BCUT2D eigenvalue weighted by Gasteiger charge is 2.39. The first-order valence-corrected chi connectivity index (χ1v) is 8.21. The molecule has 0 aromatic rings. The van der Waals surface area contributed by atoms with E-state index < -0.39 is 5.41 Å². The maximum absolute atomic E-state index is 12.4. The summed E-state index contributed by atoms with van der Waals surface area (Å²) in [5, 5.41) is 5.80. The minimum absolute atomic E-state index is 0.0104. The largest absolute Gasteiger partial charge is 0.355 e. The first-order valence-electron chi connectivity index (χ1n) is 8.21. The van der Waals surface area contributed by atoms with Gasteiger partial charge in [-0.3, -0.25) is 9.59 Å². The van der Waals surface area contributed by atoms with Gasteiger partial charge in [0.05, 0.1) is 5.41 Å². The van der Waals surface area contributed by atoms with Crippen LogP contribution in [0.4, 0.5) is 0 Å². The van der Waals surface area contributed by atoms with E-state index in [2.05, 4.69) is 17.6 Å². The van der Waals surface area contributed by atoms with Crippen LogP contribution in [0.2, 0.25) is 0 Å². The van der Waals surface area contributed by atoms with E-state index >= 15 is 0 Å². The van der Waals surface area contributed by atoms with Crippen LogP contribution in [0.25, 0.3) is 0 Å². The Balaban J connectivity index is 2.37. The molecule has 0 aromatic heterocycles. The lowest BCUT2D eigenvalue weighted by molar-refractivity contribution is -0.133. The van der Waals surface area contributed by atoms with Gasteiger partial charge < -0.3 is 16.4 Å². The molecule has 1 aliphatic carbocycles. The third-order valence-corrected chi connectivity index (χ3v) is 4.76. The molecule has 1 atom stereocenters. The maximum Gasteiger partial charge on any atom is 0.227 e. The fourth-order valence-electron chi connectivity index (χ4n) is 2.76. The highest BCUT2D eigenvalue weighted by molar-refractivity contribution is 5.84. The normalized spacial score (nSPS) is 27.0. The zero-order valence-electron chi connectivity index (χ0n) is 13.7. The van der Waals surface area contributed by atoms with Crippen molar-refractivity contribution < 1.29 is 9.59 Å². The quantitative estimate of drug-likeness (QED) is 0.667. The molecule has 1 saturated carbocycles. The molecule has 0 radical (unpaired) electrons. The van der Waals surface area contributed by atoms with Crippen molar-refractivity contribution in [3.05, 3.63) is 0 Å². The molecule has 5 heteroatoms. The fourth-order valence-corrected chi connectivity index (χ4v) is 2.76. The van der Waals surface area contributed by atoms with Crippen molar-refractivity contribution in [3.8, 4) is 0 Å². The highest BCUT2D eigenvalue weighted by Crippen LogP contribution is 2.38. The van der Waals surface area contributed by atoms with E-state index in [4.69, 9.17) is 5.73 Å². The average Bonchev–Trinajstić information content (AvgIpc) is 2.48. The Kier molecular flexibility index (Phi) is 7.15. The van der Waals surface area contributed by atoms with Gasteiger partial charge in [0, 0.05) is 25.6 Å². The molecule has 1 rings (SSSR count). The zero-order valence-corrected chi connectivity index (χ0v) is 13.7. The van der Waals surface area contributed by atoms with Gasteiger partial charge in [-0.25, -0.2) is 0 Å². The molecule has 21 heavy (non-hydrogen) atoms. The van der Waals surface area contributed by atoms with Crippen molar-refractivity contribution in [2.75, 3.05) is 13.1 Å². The van der Waals surface area contributed by atoms with Crippen molar-refractivity contribution >= 4 is 11.8 Å². The summed E-state index contributed by atoms with van der Waals surface area (Å²) in [5.41, 5.74) is 5.44. The Labute approximate surface area is 128 Å². The Morgan fingerprint density at radius 2 is 1.95 bits per heavy atom. The summed E-state index contributed by atoms with van der Waals surface area (Å²) in [6.07, 6.45) is 5.06. The summed E-state index contributed by atoms with van der Waals surface area (Å²) < 4.78 is 0. The molecule has 0 aromatic carbocycles. The Morgan fingerprint density at radius 1 is 1.33 bits per heavy atom. The Bertz CT molecular complexity index is 349. The second-order valence-electron chi connectivity index (χ2n) is 6.55. The third kappa shape index (κ3) is 5.30. The molecule has 1 aliphatic rings. The summed E-state index contributed by atoms with van der Waals surface area (Å²) in [6, 6.07) is 0.184. The van der Waals surface area contributed by atoms with E-state index in [1.165, 1.54) is 0 Å². The number of hydrogen-bond acceptors (Lipinski definition) is 3. The first kappa shape index (κ1) is 18.0. The zero-order chi connectivity index (χ0) is 15.9. The van der Waals surface area contributed by atoms with Gasteiger partial charge in [-0.05, 0) is 44.9 Å². The number of rotatable bonds is 7. The minimum atomic E-state index is -0.417. The van der Waals surface area contributed by atoms with Crippen LogP contribution in [0.15, 0.2) is 0 Å². The van der Waals surface area contributed by atoms with Gasteiger partial charge in [0.15, 0.2) is 0 Å². The molecular weight excluding hydrogens is 266 g/mol. The predicted molar refractivity (Wildman–Crippen MR) is 84.6 cm³/mol. The first-order chi connectivity index (χ1) is 9.93. The predicted octanol–water partition coefficient (Wildman–Crippen LogP) is 1.56. The van der Waals surface area contributed by atoms with Crippen molar-refractivity contribution in [2.45, 2.75) is 65.3 Å². The van der Waals surface area contributed by atoms with Crippen LogP contribution in [0.3, 0.4) is 0 Å². The number of carbonyl (C=O) groups is 2. The number of hydrogen-bond donors (Lipinski definition) is 3. The molecule has 0 heterocycles. The molecule has 4 N–H and O–H groups in total. The van der Waals surface area contributed by atoms with Crippen LogP contribution in [0.1, 0.15) is 59.3 Å². The van der Waals surface area contributed by atoms with Crippen molar-refractivity contribution in [1.29, 1.82) is 0 Å². The van der Waals surface area contributed by atoms with Gasteiger partial charge in [0.2, 0.25) is 11.8 Å². The van der Waals surface area contributed by atoms with Crippen molar-refractivity contribution in [1.82, 2.24) is 10.6 Å². The molecule has 0 bridgehead atoms. The van der Waals surface area contributed by atoms with Crippen LogP contribution in [-0.4, -0.2) is 30.9 Å². The van der Waals surface area contributed by atoms with Gasteiger partial charge in [0.1, 0.15) is 0 Å². The van der Waals surface area contributed by atoms with Crippen molar-refractivity contribution in [3.63, 3.8) is 0 Å². The van der Waals surface area contributed by atoms with Gasteiger partial charge in [-0.15, -0.1) is 0 Å². The molecule has 2 amide bonds. The Morgan fingerprint density at radius 3 is 2.48 bits per heavy atom. The van der Waals surface area contributed by atoms with Gasteiger partial charge in [-0.1, -0.05) is 13.8 Å². The molecule has 122 valence electrons.